The number of fused-ring (bicyclic) bond motifs is 4. The number of hydrogen-bond donors (Lipinski definition) is 3. The van der Waals surface area contributed by atoms with Gasteiger partial charge in [-0.25, -0.2) is 0 Å². The van der Waals surface area contributed by atoms with Crippen LogP contribution in [0.15, 0.2) is 60.7 Å². The number of aryl methyl sites for hydroxylation is 2. The van der Waals surface area contributed by atoms with Crippen LogP contribution in [0.3, 0.4) is 0 Å². The van der Waals surface area contributed by atoms with E-state index in [9.17, 15) is 4.79 Å². The summed E-state index contributed by atoms with van der Waals surface area (Å²) in [7, 11) is 0. The molecule has 2 heterocycles. The fourth-order valence-corrected chi connectivity index (χ4v) is 5.47. The van der Waals surface area contributed by atoms with Gasteiger partial charge in [-0.05, 0) is 85.2 Å². The molecule has 4 nitrogen and oxygen atoms in total. The van der Waals surface area contributed by atoms with Crippen LogP contribution in [0.1, 0.15) is 70.2 Å². The maximum atomic E-state index is 11.9. The number of benzene rings is 3. The molecule has 166 valence electrons. The molecular formula is C29H29N3O. The van der Waals surface area contributed by atoms with Gasteiger partial charge in [0.15, 0.2) is 0 Å². The van der Waals surface area contributed by atoms with Gasteiger partial charge in [0.2, 0.25) is 0 Å². The SMILES string of the molecule is Cc1ccc([C@@H](C)N[C@@H]2CCCc3c2[nH]c2ccc(-c4ccc5c(c4)CNC5=O)cc32)cc1. The van der Waals surface area contributed by atoms with Crippen molar-refractivity contribution in [2.45, 2.75) is 51.7 Å². The number of rotatable bonds is 4. The zero-order valence-electron chi connectivity index (χ0n) is 19.2. The number of carbonyl (C=O) groups is 1. The number of amides is 1. The molecule has 6 rings (SSSR count). The monoisotopic (exact) mass is 435 g/mol. The van der Waals surface area contributed by atoms with E-state index in [2.05, 4.69) is 84.1 Å². The predicted molar refractivity (Wildman–Crippen MR) is 133 cm³/mol. The quantitative estimate of drug-likeness (QED) is 0.362. The van der Waals surface area contributed by atoms with Crippen LogP contribution in [0.5, 0.6) is 0 Å². The van der Waals surface area contributed by atoms with E-state index in [1.807, 2.05) is 6.07 Å². The minimum Gasteiger partial charge on any atom is -0.357 e. The summed E-state index contributed by atoms with van der Waals surface area (Å²) in [6.45, 7) is 5.01. The van der Waals surface area contributed by atoms with Crippen molar-refractivity contribution in [3.05, 3.63) is 94.2 Å². The minimum atomic E-state index is 0.0325. The second-order valence-corrected chi connectivity index (χ2v) is 9.58. The van der Waals surface area contributed by atoms with Crippen molar-refractivity contribution >= 4 is 16.8 Å². The van der Waals surface area contributed by atoms with Crippen molar-refractivity contribution in [3.63, 3.8) is 0 Å². The van der Waals surface area contributed by atoms with Gasteiger partial charge in [-0.1, -0.05) is 42.0 Å². The molecule has 3 N–H and O–H groups in total. The molecular weight excluding hydrogens is 406 g/mol. The van der Waals surface area contributed by atoms with Crippen LogP contribution in [0.4, 0.5) is 0 Å². The molecule has 4 heteroatoms. The van der Waals surface area contributed by atoms with Gasteiger partial charge >= 0.3 is 0 Å². The summed E-state index contributed by atoms with van der Waals surface area (Å²) < 4.78 is 0. The minimum absolute atomic E-state index is 0.0325. The number of aromatic nitrogens is 1. The summed E-state index contributed by atoms with van der Waals surface area (Å²) in [6.07, 6.45) is 3.45. The highest BCUT2D eigenvalue weighted by Gasteiger charge is 2.26. The Labute approximate surface area is 194 Å². The van der Waals surface area contributed by atoms with E-state index in [4.69, 9.17) is 0 Å². The topological polar surface area (TPSA) is 56.9 Å². The van der Waals surface area contributed by atoms with Gasteiger partial charge in [0.1, 0.15) is 0 Å². The van der Waals surface area contributed by atoms with Gasteiger partial charge in [0.05, 0.1) is 0 Å². The van der Waals surface area contributed by atoms with Gasteiger partial charge in [0.25, 0.3) is 5.91 Å². The first-order valence-corrected chi connectivity index (χ1v) is 12.0. The molecule has 1 amide bonds. The number of hydrogen-bond acceptors (Lipinski definition) is 2. The maximum Gasteiger partial charge on any atom is 0.251 e. The molecule has 1 aromatic heterocycles. The van der Waals surface area contributed by atoms with Crippen molar-refractivity contribution in [1.82, 2.24) is 15.6 Å². The lowest BCUT2D eigenvalue weighted by molar-refractivity contribution is 0.0966. The fourth-order valence-electron chi connectivity index (χ4n) is 5.47. The Morgan fingerprint density at radius 1 is 1.00 bits per heavy atom. The molecule has 0 saturated carbocycles. The molecule has 1 aliphatic heterocycles. The third-order valence-electron chi connectivity index (χ3n) is 7.36. The van der Waals surface area contributed by atoms with E-state index >= 15 is 0 Å². The third-order valence-corrected chi connectivity index (χ3v) is 7.36. The van der Waals surface area contributed by atoms with Crippen molar-refractivity contribution < 1.29 is 4.79 Å². The van der Waals surface area contributed by atoms with Gasteiger partial charge in [0, 0.05) is 40.8 Å². The zero-order valence-corrected chi connectivity index (χ0v) is 19.2. The van der Waals surface area contributed by atoms with E-state index in [1.54, 1.807) is 0 Å². The largest absolute Gasteiger partial charge is 0.357 e. The van der Waals surface area contributed by atoms with E-state index in [1.165, 1.54) is 50.8 Å². The summed E-state index contributed by atoms with van der Waals surface area (Å²) in [5.74, 6) is 0.0325. The fraction of sp³-hybridized carbons (Fsp3) is 0.276. The molecule has 3 aromatic carbocycles. The smallest absolute Gasteiger partial charge is 0.251 e. The van der Waals surface area contributed by atoms with Crippen LogP contribution in [0.25, 0.3) is 22.0 Å². The zero-order chi connectivity index (χ0) is 22.5. The first-order valence-electron chi connectivity index (χ1n) is 12.0. The molecule has 0 spiro atoms. The van der Waals surface area contributed by atoms with Crippen molar-refractivity contribution in [1.29, 1.82) is 0 Å². The van der Waals surface area contributed by atoms with E-state index < -0.39 is 0 Å². The highest BCUT2D eigenvalue weighted by molar-refractivity contribution is 5.99. The first-order chi connectivity index (χ1) is 16.1. The number of H-pyrrole nitrogens is 1. The van der Waals surface area contributed by atoms with E-state index in [0.717, 1.165) is 24.0 Å². The Kier molecular flexibility index (Phi) is 4.84. The Hall–Kier alpha value is -3.37. The lowest BCUT2D eigenvalue weighted by Gasteiger charge is -2.27. The number of aromatic amines is 1. The van der Waals surface area contributed by atoms with Crippen LogP contribution < -0.4 is 10.6 Å². The molecule has 0 saturated heterocycles. The van der Waals surface area contributed by atoms with Gasteiger partial charge < -0.3 is 15.6 Å². The molecule has 4 aromatic rings. The van der Waals surface area contributed by atoms with Crippen LogP contribution in [0, 0.1) is 6.92 Å². The Bertz CT molecular complexity index is 1370. The Morgan fingerprint density at radius 2 is 1.79 bits per heavy atom. The molecule has 0 fully saturated rings. The summed E-state index contributed by atoms with van der Waals surface area (Å²) in [5, 5.41) is 8.12. The Morgan fingerprint density at radius 3 is 2.64 bits per heavy atom. The van der Waals surface area contributed by atoms with Crippen LogP contribution in [-0.4, -0.2) is 10.9 Å². The first kappa shape index (κ1) is 20.3. The standard InChI is InChI=1S/C29H29N3O/c1-17-6-8-19(9-7-17)18(2)31-27-5-3-4-24-25-15-21(11-13-26(25)32-28(24)27)20-10-12-23-22(14-20)16-30-29(23)33/h6-15,18,27,31-32H,3-5,16H2,1-2H3,(H,30,33)/t18-,27-/m1/s1. The highest BCUT2D eigenvalue weighted by Crippen LogP contribution is 2.38. The lowest BCUT2D eigenvalue weighted by Crippen LogP contribution is -2.27. The predicted octanol–water partition coefficient (Wildman–Crippen LogP) is 6.11. The van der Waals surface area contributed by atoms with E-state index in [0.29, 0.717) is 18.6 Å². The lowest BCUT2D eigenvalue weighted by atomic mass is 9.90. The maximum absolute atomic E-state index is 11.9. The second-order valence-electron chi connectivity index (χ2n) is 9.58. The van der Waals surface area contributed by atoms with Crippen LogP contribution in [-0.2, 0) is 13.0 Å². The Balaban J connectivity index is 1.32. The van der Waals surface area contributed by atoms with Gasteiger partial charge in [-0.3, -0.25) is 4.79 Å². The van der Waals surface area contributed by atoms with Crippen molar-refractivity contribution in [2.24, 2.45) is 0 Å². The van der Waals surface area contributed by atoms with Crippen LogP contribution in [0.2, 0.25) is 0 Å². The summed E-state index contributed by atoms with van der Waals surface area (Å²) >= 11 is 0. The third kappa shape index (κ3) is 3.55. The molecule has 0 unspecified atom stereocenters. The summed E-state index contributed by atoms with van der Waals surface area (Å²) in [5.41, 5.74) is 10.9. The van der Waals surface area contributed by atoms with Gasteiger partial charge in [-0.15, -0.1) is 0 Å². The van der Waals surface area contributed by atoms with Crippen molar-refractivity contribution in [3.8, 4) is 11.1 Å². The van der Waals surface area contributed by atoms with Gasteiger partial charge in [-0.2, -0.15) is 0 Å². The molecule has 0 bridgehead atoms. The highest BCUT2D eigenvalue weighted by atomic mass is 16.1. The number of carbonyl (C=O) groups excluding carboxylic acids is 1. The summed E-state index contributed by atoms with van der Waals surface area (Å²) in [4.78, 5) is 15.6. The average Bonchev–Trinajstić information content (AvgIpc) is 3.40. The van der Waals surface area contributed by atoms with E-state index in [-0.39, 0.29) is 5.91 Å². The molecule has 2 aliphatic rings. The number of nitrogens with one attached hydrogen (secondary N) is 3. The normalized spacial score (nSPS) is 18.1. The molecule has 0 radical (unpaired) electrons. The molecule has 2 atom stereocenters. The molecule has 33 heavy (non-hydrogen) atoms. The van der Waals surface area contributed by atoms with Crippen molar-refractivity contribution in [2.75, 3.05) is 0 Å². The van der Waals surface area contributed by atoms with Crippen LogP contribution >= 0.6 is 0 Å². The average molecular weight is 436 g/mol. The summed E-state index contributed by atoms with van der Waals surface area (Å²) in [6, 6.07) is 22.4. The molecule has 1 aliphatic carbocycles. The second kappa shape index (κ2) is 7.89.